The van der Waals surface area contributed by atoms with Gasteiger partial charge in [-0.15, -0.1) is 0 Å². The second-order valence-corrected chi connectivity index (χ2v) is 6.22. The molecule has 26 heavy (non-hydrogen) atoms. The number of hydrogen-bond acceptors (Lipinski definition) is 4. The first kappa shape index (κ1) is 19.7. The molecule has 0 saturated carbocycles. The predicted molar refractivity (Wildman–Crippen MR) is 102 cm³/mol. The average Bonchev–Trinajstić information content (AvgIpc) is 2.68. The summed E-state index contributed by atoms with van der Waals surface area (Å²) >= 11 is 0. The summed E-state index contributed by atoms with van der Waals surface area (Å²) in [5.41, 5.74) is 0.924. The first-order valence-corrected chi connectivity index (χ1v) is 9.23. The van der Waals surface area contributed by atoms with Gasteiger partial charge in [0.1, 0.15) is 17.8 Å². The van der Waals surface area contributed by atoms with E-state index in [1.807, 2.05) is 0 Å². The van der Waals surface area contributed by atoms with Gasteiger partial charge in [0, 0.05) is 5.56 Å². The SMILES string of the molecule is CCCCCCCCOc1ccc(OC(=O)c2ccc(C=O)cc2)cc1. The number of rotatable bonds is 11. The number of aldehydes is 1. The van der Waals surface area contributed by atoms with E-state index in [2.05, 4.69) is 6.92 Å². The van der Waals surface area contributed by atoms with E-state index < -0.39 is 5.97 Å². The lowest BCUT2D eigenvalue weighted by atomic mass is 10.1. The molecule has 0 spiro atoms. The Balaban J connectivity index is 1.74. The van der Waals surface area contributed by atoms with E-state index in [9.17, 15) is 9.59 Å². The maximum absolute atomic E-state index is 12.1. The van der Waals surface area contributed by atoms with Crippen molar-refractivity contribution in [2.24, 2.45) is 0 Å². The lowest BCUT2D eigenvalue weighted by Crippen LogP contribution is -2.08. The summed E-state index contributed by atoms with van der Waals surface area (Å²) in [4.78, 5) is 22.7. The van der Waals surface area contributed by atoms with Crippen LogP contribution in [-0.4, -0.2) is 18.9 Å². The fraction of sp³-hybridized carbons (Fsp3) is 0.364. The number of esters is 1. The van der Waals surface area contributed by atoms with Crippen molar-refractivity contribution in [3.63, 3.8) is 0 Å². The van der Waals surface area contributed by atoms with Crippen LogP contribution in [0.1, 0.15) is 66.2 Å². The van der Waals surface area contributed by atoms with Crippen molar-refractivity contribution in [1.82, 2.24) is 0 Å². The molecule has 0 fully saturated rings. The van der Waals surface area contributed by atoms with E-state index >= 15 is 0 Å². The molecule has 4 nitrogen and oxygen atoms in total. The summed E-state index contributed by atoms with van der Waals surface area (Å²) in [6.45, 7) is 2.92. The summed E-state index contributed by atoms with van der Waals surface area (Å²) in [5.74, 6) is 0.776. The van der Waals surface area contributed by atoms with Crippen LogP contribution in [0, 0.1) is 0 Å². The zero-order valence-corrected chi connectivity index (χ0v) is 15.3. The third-order valence-corrected chi connectivity index (χ3v) is 4.08. The van der Waals surface area contributed by atoms with Gasteiger partial charge in [0.2, 0.25) is 0 Å². The standard InChI is InChI=1S/C22H26O4/c1-2-3-4-5-6-7-16-25-20-12-14-21(15-13-20)26-22(24)19-10-8-18(17-23)9-11-19/h8-15,17H,2-7,16H2,1H3. The van der Waals surface area contributed by atoms with Crippen LogP contribution in [0.25, 0.3) is 0 Å². The van der Waals surface area contributed by atoms with Gasteiger partial charge in [-0.1, -0.05) is 51.2 Å². The molecule has 0 radical (unpaired) electrons. The zero-order valence-electron chi connectivity index (χ0n) is 15.3. The van der Waals surface area contributed by atoms with Gasteiger partial charge in [0.15, 0.2) is 0 Å². The van der Waals surface area contributed by atoms with Crippen LogP contribution in [0.3, 0.4) is 0 Å². The monoisotopic (exact) mass is 354 g/mol. The topological polar surface area (TPSA) is 52.6 Å². The highest BCUT2D eigenvalue weighted by Gasteiger charge is 2.08. The Kier molecular flexibility index (Phi) is 8.40. The molecule has 2 rings (SSSR count). The maximum Gasteiger partial charge on any atom is 0.343 e. The van der Waals surface area contributed by atoms with Gasteiger partial charge < -0.3 is 9.47 Å². The first-order valence-electron chi connectivity index (χ1n) is 9.23. The molecule has 0 atom stereocenters. The van der Waals surface area contributed by atoms with Crippen LogP contribution in [0.5, 0.6) is 11.5 Å². The smallest absolute Gasteiger partial charge is 0.343 e. The van der Waals surface area contributed by atoms with Crippen LogP contribution in [-0.2, 0) is 0 Å². The molecule has 0 bridgehead atoms. The lowest BCUT2D eigenvalue weighted by Gasteiger charge is -2.08. The van der Waals surface area contributed by atoms with E-state index in [1.54, 1.807) is 48.5 Å². The van der Waals surface area contributed by atoms with E-state index in [0.29, 0.717) is 23.5 Å². The average molecular weight is 354 g/mol. The molecule has 0 aromatic heterocycles. The van der Waals surface area contributed by atoms with Crippen LogP contribution in [0.15, 0.2) is 48.5 Å². The molecule has 0 N–H and O–H groups in total. The van der Waals surface area contributed by atoms with Crippen LogP contribution in [0.2, 0.25) is 0 Å². The predicted octanol–water partition coefficient (Wildman–Crippen LogP) is 5.46. The summed E-state index contributed by atoms with van der Waals surface area (Å²) < 4.78 is 11.0. The number of carbonyl (C=O) groups excluding carboxylic acids is 2. The van der Waals surface area contributed by atoms with Gasteiger partial charge in [0.05, 0.1) is 12.2 Å². The summed E-state index contributed by atoms with van der Waals surface area (Å²) in [7, 11) is 0. The highest BCUT2D eigenvalue weighted by Crippen LogP contribution is 2.19. The molecular weight excluding hydrogens is 328 g/mol. The van der Waals surface area contributed by atoms with E-state index in [4.69, 9.17) is 9.47 Å². The summed E-state index contributed by atoms with van der Waals surface area (Å²) in [5, 5.41) is 0. The van der Waals surface area contributed by atoms with Crippen molar-refractivity contribution in [2.75, 3.05) is 6.61 Å². The highest BCUT2D eigenvalue weighted by atomic mass is 16.5. The molecule has 4 heteroatoms. The van der Waals surface area contributed by atoms with Crippen LogP contribution in [0.4, 0.5) is 0 Å². The van der Waals surface area contributed by atoms with Gasteiger partial charge in [-0.05, 0) is 42.8 Å². The normalized spacial score (nSPS) is 10.3. The molecule has 0 unspecified atom stereocenters. The molecule has 0 amide bonds. The van der Waals surface area contributed by atoms with E-state index in [1.165, 1.54) is 32.1 Å². The number of benzene rings is 2. The van der Waals surface area contributed by atoms with Crippen molar-refractivity contribution >= 4 is 12.3 Å². The number of carbonyl (C=O) groups is 2. The van der Waals surface area contributed by atoms with Gasteiger partial charge in [-0.2, -0.15) is 0 Å². The Morgan fingerprint density at radius 1 is 0.846 bits per heavy atom. The zero-order chi connectivity index (χ0) is 18.6. The van der Waals surface area contributed by atoms with Gasteiger partial charge in [0.25, 0.3) is 0 Å². The minimum absolute atomic E-state index is 0.402. The fourth-order valence-electron chi connectivity index (χ4n) is 2.54. The molecule has 0 aliphatic heterocycles. The summed E-state index contributed by atoms with van der Waals surface area (Å²) in [6.07, 6.45) is 8.11. The number of hydrogen-bond donors (Lipinski definition) is 0. The third-order valence-electron chi connectivity index (χ3n) is 4.08. The second-order valence-electron chi connectivity index (χ2n) is 6.22. The second kappa shape index (κ2) is 11.1. The summed E-state index contributed by atoms with van der Waals surface area (Å²) in [6, 6.07) is 13.4. The number of unbranched alkanes of at least 4 members (excludes halogenated alkanes) is 5. The van der Waals surface area contributed by atoms with Crippen molar-refractivity contribution in [3.05, 3.63) is 59.7 Å². The van der Waals surface area contributed by atoms with E-state index in [0.717, 1.165) is 18.5 Å². The van der Waals surface area contributed by atoms with Crippen molar-refractivity contribution in [2.45, 2.75) is 45.4 Å². The van der Waals surface area contributed by atoms with Crippen LogP contribution < -0.4 is 9.47 Å². The quantitative estimate of drug-likeness (QED) is 0.233. The first-order chi connectivity index (χ1) is 12.7. The molecule has 0 saturated heterocycles. The van der Waals surface area contributed by atoms with E-state index in [-0.39, 0.29) is 0 Å². The van der Waals surface area contributed by atoms with Crippen LogP contribution >= 0.6 is 0 Å². The molecule has 0 aliphatic rings. The van der Waals surface area contributed by atoms with Crippen molar-refractivity contribution < 1.29 is 19.1 Å². The Bertz CT molecular complexity index is 674. The highest BCUT2D eigenvalue weighted by molar-refractivity contribution is 5.91. The minimum atomic E-state index is -0.455. The Hall–Kier alpha value is -2.62. The van der Waals surface area contributed by atoms with Crippen molar-refractivity contribution in [1.29, 1.82) is 0 Å². The molecule has 2 aromatic rings. The van der Waals surface area contributed by atoms with Gasteiger partial charge >= 0.3 is 5.97 Å². The molecule has 138 valence electrons. The third kappa shape index (κ3) is 6.71. The Labute approximate surface area is 155 Å². The molecule has 2 aromatic carbocycles. The number of ether oxygens (including phenoxy) is 2. The van der Waals surface area contributed by atoms with Crippen molar-refractivity contribution in [3.8, 4) is 11.5 Å². The Morgan fingerprint density at radius 3 is 2.12 bits per heavy atom. The van der Waals surface area contributed by atoms with Gasteiger partial charge in [-0.3, -0.25) is 4.79 Å². The maximum atomic E-state index is 12.1. The largest absolute Gasteiger partial charge is 0.494 e. The molecule has 0 aliphatic carbocycles. The fourth-order valence-corrected chi connectivity index (χ4v) is 2.54. The molecule has 0 heterocycles. The minimum Gasteiger partial charge on any atom is -0.494 e. The lowest BCUT2D eigenvalue weighted by molar-refractivity contribution is 0.0734. The Morgan fingerprint density at radius 2 is 1.46 bits per heavy atom. The van der Waals surface area contributed by atoms with Gasteiger partial charge in [-0.25, -0.2) is 4.79 Å². The molecular formula is C22H26O4.